The van der Waals surface area contributed by atoms with Crippen molar-refractivity contribution in [3.63, 3.8) is 0 Å². The predicted molar refractivity (Wildman–Crippen MR) is 68.2 cm³/mol. The van der Waals surface area contributed by atoms with Gasteiger partial charge in [-0.15, -0.1) is 0 Å². The first kappa shape index (κ1) is 10.5. The lowest BCUT2D eigenvalue weighted by molar-refractivity contribution is 0.558. The first-order valence-electron chi connectivity index (χ1n) is 6.15. The van der Waals surface area contributed by atoms with Crippen LogP contribution in [0.4, 0.5) is 0 Å². The van der Waals surface area contributed by atoms with E-state index in [9.17, 15) is 0 Å². The van der Waals surface area contributed by atoms with Crippen molar-refractivity contribution in [2.75, 3.05) is 0 Å². The van der Waals surface area contributed by atoms with E-state index < -0.39 is 0 Å². The van der Waals surface area contributed by atoms with Gasteiger partial charge in [-0.05, 0) is 38.3 Å². The first-order chi connectivity index (χ1) is 8.25. The Hall–Kier alpha value is -1.61. The zero-order chi connectivity index (χ0) is 11.8. The van der Waals surface area contributed by atoms with E-state index in [0.29, 0.717) is 0 Å². The molecule has 0 radical (unpaired) electrons. The summed E-state index contributed by atoms with van der Waals surface area (Å²) in [6, 6.07) is 8.63. The van der Waals surface area contributed by atoms with E-state index in [0.717, 1.165) is 24.9 Å². The van der Waals surface area contributed by atoms with Crippen molar-refractivity contribution in [3.8, 4) is 5.69 Å². The lowest BCUT2D eigenvalue weighted by Crippen LogP contribution is -2.17. The zero-order valence-corrected chi connectivity index (χ0v) is 10.1. The summed E-state index contributed by atoms with van der Waals surface area (Å²) in [4.78, 5) is 0. The highest BCUT2D eigenvalue weighted by atomic mass is 15.3. The van der Waals surface area contributed by atoms with E-state index in [-0.39, 0.29) is 6.04 Å². The van der Waals surface area contributed by atoms with Crippen molar-refractivity contribution in [1.29, 1.82) is 0 Å². The number of rotatable bonds is 1. The molecule has 2 aromatic rings. The van der Waals surface area contributed by atoms with Gasteiger partial charge in [0.1, 0.15) is 0 Å². The molecule has 1 aromatic carbocycles. The standard InChI is InChI=1S/C14H17N3/c1-10-5-7-11(8-6-10)17-14-4-2-3-13(15)12(14)9-16-17/h5-9,13H,2-4,15H2,1H3. The minimum Gasteiger partial charge on any atom is -0.324 e. The summed E-state index contributed by atoms with van der Waals surface area (Å²) in [6.45, 7) is 2.10. The summed E-state index contributed by atoms with van der Waals surface area (Å²) in [6.07, 6.45) is 5.24. The van der Waals surface area contributed by atoms with Crippen LogP contribution in [0.3, 0.4) is 0 Å². The van der Waals surface area contributed by atoms with Gasteiger partial charge in [0.05, 0.1) is 11.9 Å². The predicted octanol–water partition coefficient (Wildman–Crippen LogP) is 2.52. The molecule has 2 N–H and O–H groups in total. The molecular formula is C14H17N3. The van der Waals surface area contributed by atoms with E-state index in [4.69, 9.17) is 5.73 Å². The average Bonchev–Trinajstić information content (AvgIpc) is 2.75. The smallest absolute Gasteiger partial charge is 0.0649 e. The van der Waals surface area contributed by atoms with Crippen LogP contribution in [0.2, 0.25) is 0 Å². The van der Waals surface area contributed by atoms with Crippen LogP contribution in [0.15, 0.2) is 30.5 Å². The Kier molecular flexibility index (Phi) is 2.48. The van der Waals surface area contributed by atoms with Gasteiger partial charge in [-0.2, -0.15) is 5.10 Å². The van der Waals surface area contributed by atoms with Crippen molar-refractivity contribution in [3.05, 3.63) is 47.3 Å². The van der Waals surface area contributed by atoms with Gasteiger partial charge in [-0.3, -0.25) is 0 Å². The molecule has 3 nitrogen and oxygen atoms in total. The lowest BCUT2D eigenvalue weighted by atomic mass is 9.94. The van der Waals surface area contributed by atoms with E-state index >= 15 is 0 Å². The lowest BCUT2D eigenvalue weighted by Gasteiger charge is -2.19. The van der Waals surface area contributed by atoms with Crippen LogP contribution in [0.5, 0.6) is 0 Å². The van der Waals surface area contributed by atoms with Gasteiger partial charge in [-0.25, -0.2) is 4.68 Å². The molecule has 0 bridgehead atoms. The Labute approximate surface area is 101 Å². The molecule has 17 heavy (non-hydrogen) atoms. The van der Waals surface area contributed by atoms with Crippen molar-refractivity contribution in [2.24, 2.45) is 5.73 Å². The zero-order valence-electron chi connectivity index (χ0n) is 10.1. The third-order valence-corrected chi connectivity index (χ3v) is 3.51. The summed E-state index contributed by atoms with van der Waals surface area (Å²) in [5.74, 6) is 0. The monoisotopic (exact) mass is 227 g/mol. The second kappa shape index (κ2) is 4.00. The fourth-order valence-corrected chi connectivity index (χ4v) is 2.50. The van der Waals surface area contributed by atoms with Crippen LogP contribution in [0, 0.1) is 6.92 Å². The Morgan fingerprint density at radius 1 is 1.29 bits per heavy atom. The molecule has 0 saturated heterocycles. The van der Waals surface area contributed by atoms with Gasteiger partial charge in [0, 0.05) is 17.3 Å². The average molecular weight is 227 g/mol. The number of nitrogens with two attached hydrogens (primary N) is 1. The van der Waals surface area contributed by atoms with Gasteiger partial charge in [-0.1, -0.05) is 17.7 Å². The topological polar surface area (TPSA) is 43.8 Å². The number of fused-ring (bicyclic) bond motifs is 1. The molecule has 0 aliphatic heterocycles. The summed E-state index contributed by atoms with van der Waals surface area (Å²) in [7, 11) is 0. The number of hydrogen-bond donors (Lipinski definition) is 1. The van der Waals surface area contributed by atoms with E-state index in [1.54, 1.807) is 0 Å². The third-order valence-electron chi connectivity index (χ3n) is 3.51. The van der Waals surface area contributed by atoms with Crippen LogP contribution in [-0.2, 0) is 6.42 Å². The molecule has 0 fully saturated rings. The quantitative estimate of drug-likeness (QED) is 0.813. The fourth-order valence-electron chi connectivity index (χ4n) is 2.50. The molecule has 1 heterocycles. The second-order valence-corrected chi connectivity index (χ2v) is 4.79. The summed E-state index contributed by atoms with van der Waals surface area (Å²) in [5.41, 5.74) is 11.0. The molecule has 1 unspecified atom stereocenters. The number of aryl methyl sites for hydroxylation is 1. The first-order valence-corrected chi connectivity index (χ1v) is 6.15. The van der Waals surface area contributed by atoms with Crippen molar-refractivity contribution in [1.82, 2.24) is 9.78 Å². The minimum atomic E-state index is 0.165. The highest BCUT2D eigenvalue weighted by Gasteiger charge is 2.21. The number of hydrogen-bond acceptors (Lipinski definition) is 2. The Balaban J connectivity index is 2.07. The van der Waals surface area contributed by atoms with Crippen molar-refractivity contribution in [2.45, 2.75) is 32.2 Å². The Morgan fingerprint density at radius 3 is 2.82 bits per heavy atom. The summed E-state index contributed by atoms with van der Waals surface area (Å²) < 4.78 is 2.04. The van der Waals surface area contributed by atoms with Crippen molar-refractivity contribution < 1.29 is 0 Å². The van der Waals surface area contributed by atoms with Gasteiger partial charge in [0.25, 0.3) is 0 Å². The highest BCUT2D eigenvalue weighted by Crippen LogP contribution is 2.29. The maximum atomic E-state index is 6.11. The van der Waals surface area contributed by atoms with Gasteiger partial charge in [0.15, 0.2) is 0 Å². The molecule has 0 spiro atoms. The third kappa shape index (κ3) is 1.76. The molecule has 3 rings (SSSR count). The minimum absolute atomic E-state index is 0.165. The number of benzene rings is 1. The Bertz CT molecular complexity index is 525. The SMILES string of the molecule is Cc1ccc(-n2ncc3c2CCCC3N)cc1. The maximum absolute atomic E-state index is 6.11. The molecule has 1 aliphatic rings. The fraction of sp³-hybridized carbons (Fsp3) is 0.357. The molecule has 0 saturated carbocycles. The summed E-state index contributed by atoms with van der Waals surface area (Å²) in [5, 5.41) is 4.48. The highest BCUT2D eigenvalue weighted by molar-refractivity contribution is 5.38. The van der Waals surface area contributed by atoms with E-state index in [2.05, 4.69) is 36.3 Å². The van der Waals surface area contributed by atoms with Crippen LogP contribution < -0.4 is 5.73 Å². The van der Waals surface area contributed by atoms with E-state index in [1.165, 1.54) is 16.8 Å². The van der Waals surface area contributed by atoms with Crippen LogP contribution in [0.25, 0.3) is 5.69 Å². The van der Waals surface area contributed by atoms with Crippen LogP contribution in [-0.4, -0.2) is 9.78 Å². The van der Waals surface area contributed by atoms with Crippen molar-refractivity contribution >= 4 is 0 Å². The molecule has 0 amide bonds. The molecule has 1 aromatic heterocycles. The van der Waals surface area contributed by atoms with Crippen LogP contribution >= 0.6 is 0 Å². The largest absolute Gasteiger partial charge is 0.324 e. The summed E-state index contributed by atoms with van der Waals surface area (Å²) >= 11 is 0. The molecule has 3 heteroatoms. The van der Waals surface area contributed by atoms with E-state index in [1.807, 2.05) is 10.9 Å². The molecule has 88 valence electrons. The van der Waals surface area contributed by atoms with Gasteiger partial charge >= 0.3 is 0 Å². The molecular weight excluding hydrogens is 210 g/mol. The normalized spacial score (nSPS) is 19.1. The number of nitrogens with zero attached hydrogens (tertiary/aromatic N) is 2. The van der Waals surface area contributed by atoms with Gasteiger partial charge < -0.3 is 5.73 Å². The van der Waals surface area contributed by atoms with Crippen LogP contribution in [0.1, 0.15) is 35.7 Å². The molecule has 1 aliphatic carbocycles. The van der Waals surface area contributed by atoms with Gasteiger partial charge in [0.2, 0.25) is 0 Å². The number of aromatic nitrogens is 2. The second-order valence-electron chi connectivity index (χ2n) is 4.79. The Morgan fingerprint density at radius 2 is 2.06 bits per heavy atom. The molecule has 1 atom stereocenters. The maximum Gasteiger partial charge on any atom is 0.0649 e.